The fourth-order valence-corrected chi connectivity index (χ4v) is 60.8. The minimum absolute atomic E-state index is 0. The molecule has 0 spiro atoms. The van der Waals surface area contributed by atoms with Crippen LogP contribution in [0.15, 0.2) is 0 Å². The standard InChI is InChI=1S/6C12H27Si.GeI.9Ge/c6*1-10(2,3)13(11(4,5)6)12(7,8)9;1-2;;;;;;;;;/h6*1-9H3;;;;;;;;;;. The Morgan fingerprint density at radius 1 is 0.112 bits per heavy atom. The second-order valence-corrected chi connectivity index (χ2v) is 74.2. The molecular formula is C72H162Ge10ISi6. The summed E-state index contributed by atoms with van der Waals surface area (Å²) in [4.78, 5) is 0. The number of hydrogen-bond donors (Lipinski definition) is 0. The normalized spacial score (nSPS) is 13.4. The van der Waals surface area contributed by atoms with Crippen LogP contribution in [-0.4, -0.2) is 224 Å². The summed E-state index contributed by atoms with van der Waals surface area (Å²) in [7, 11) is -2.35. The summed E-state index contributed by atoms with van der Waals surface area (Å²) >= 11 is 4.12. The average molecular weight is 2050 g/mol. The van der Waals surface area contributed by atoms with Crippen LogP contribution in [0.2, 0.25) is 90.7 Å². The zero-order valence-electron chi connectivity index (χ0n) is 71.4. The molecule has 0 heterocycles. The SMILES string of the molecule is CC(C)(C)[Si](C(C)(C)C)C(C)(C)C.CC(C)(C)[Si](C(C)(C)C)C(C)(C)C.CC(C)(C)[Si](C(C)(C)C)C(C)(C)C.CC(C)(C)[Si](C(C)(C)C)C(C)(C)C.CC(C)(C)[Si](C(C)(C)C)C(C)(C)C.CC(C)(C)[Si](C(C)(C)C)C(C)(C)C.[Ge].[Ge].[Ge].[Ge].[Ge].[Ge].[Ge].[Ge].[Ge].[Ge][I]. The summed E-state index contributed by atoms with van der Waals surface area (Å²) in [5.41, 5.74) is 0. The first kappa shape index (κ1) is 136. The molecule has 0 nitrogen and oxygen atoms in total. The summed E-state index contributed by atoms with van der Waals surface area (Å²) < 4.78 is 0. The number of halogens is 1. The second-order valence-electron chi connectivity index (χ2n) is 42.8. The van der Waals surface area contributed by atoms with Crippen molar-refractivity contribution in [3.63, 3.8) is 0 Å². The molecule has 0 atom stereocenters. The summed E-state index contributed by atoms with van der Waals surface area (Å²) in [5.74, 6) is 0. The third-order valence-electron chi connectivity index (χ3n) is 13.5. The maximum absolute atomic E-state index is 2.40. The van der Waals surface area contributed by atoms with Crippen LogP contribution in [0, 0.1) is 0 Å². The molecule has 0 aliphatic heterocycles. The van der Waals surface area contributed by atoms with Crippen LogP contribution < -0.4 is 0 Å². The molecule has 0 aliphatic rings. The summed E-state index contributed by atoms with van der Waals surface area (Å²) in [6.45, 7) is 130. The maximum atomic E-state index is 2.40. The minimum atomic E-state index is -0.391. The molecule has 0 rings (SSSR count). The van der Waals surface area contributed by atoms with Crippen molar-refractivity contribution in [2.24, 2.45) is 0 Å². The van der Waals surface area contributed by atoms with Gasteiger partial charge in [-0.2, -0.15) is 0 Å². The van der Waals surface area contributed by atoms with E-state index >= 15 is 0 Å². The van der Waals surface area contributed by atoms with E-state index in [-0.39, 0.29) is 158 Å². The van der Waals surface area contributed by atoms with E-state index in [9.17, 15) is 0 Å². The molecule has 0 aromatic carbocycles. The van der Waals surface area contributed by atoms with Gasteiger partial charge in [0.2, 0.25) is 0 Å². The molecule has 0 unspecified atom stereocenters. The van der Waals surface area contributed by atoms with Crippen molar-refractivity contribution in [3.8, 4) is 0 Å². The van der Waals surface area contributed by atoms with Gasteiger partial charge in [-0.05, 0) is 90.7 Å². The predicted octanol–water partition coefficient (Wildman–Crippen LogP) is 26.4. The zero-order valence-corrected chi connectivity index (χ0v) is 101. The van der Waals surface area contributed by atoms with Crippen molar-refractivity contribution in [3.05, 3.63) is 0 Å². The van der Waals surface area contributed by atoms with Crippen molar-refractivity contribution in [1.29, 1.82) is 0 Å². The van der Waals surface area contributed by atoms with Crippen LogP contribution in [0.25, 0.3) is 0 Å². The van der Waals surface area contributed by atoms with Crippen molar-refractivity contribution < 1.29 is 0 Å². The summed E-state index contributed by atoms with van der Waals surface area (Å²) in [6, 6.07) is 0. The van der Waals surface area contributed by atoms with Gasteiger partial charge in [0.05, 0.1) is 52.8 Å². The summed E-state index contributed by atoms with van der Waals surface area (Å²) in [6.07, 6.45) is 0. The molecule has 0 bridgehead atoms. The Bertz CT molecular complexity index is 1150. The van der Waals surface area contributed by atoms with E-state index in [1.54, 1.807) is 0 Å². The van der Waals surface area contributed by atoms with E-state index in [4.69, 9.17) is 0 Å². The summed E-state index contributed by atoms with van der Waals surface area (Å²) in [5, 5.41) is 8.77. The van der Waals surface area contributed by atoms with Crippen molar-refractivity contribution in [2.75, 3.05) is 0 Å². The predicted molar refractivity (Wildman–Crippen MR) is 461 cm³/mol. The first-order valence-corrected chi connectivity index (χ1v) is 47.1. The molecule has 0 amide bonds. The molecule has 521 valence electrons. The second kappa shape index (κ2) is 47.8. The third-order valence-corrected chi connectivity index (χ3v) is 40.5. The van der Waals surface area contributed by atoms with Gasteiger partial charge in [-0.15, -0.1) is 0 Å². The van der Waals surface area contributed by atoms with E-state index < -0.39 is 52.8 Å². The molecule has 17 heteroatoms. The van der Waals surface area contributed by atoms with Crippen LogP contribution >= 0.6 is 20.2 Å². The van der Waals surface area contributed by atoms with Crippen LogP contribution in [0.3, 0.4) is 0 Å². The monoisotopic (exact) mass is 2060 g/mol. The Labute approximate surface area is 700 Å². The van der Waals surface area contributed by atoms with Crippen LogP contribution in [-0.2, 0) is 0 Å². The Morgan fingerprint density at radius 2 is 0.135 bits per heavy atom. The molecule has 0 aromatic heterocycles. The number of rotatable bonds is 0. The molecule has 0 aromatic rings. The fourth-order valence-electron chi connectivity index (χ4n) is 20.2. The van der Waals surface area contributed by atoms with Gasteiger partial charge in [0, 0.05) is 158 Å². The topological polar surface area (TPSA) is 0 Å². The van der Waals surface area contributed by atoms with Crippen LogP contribution in [0.5, 0.6) is 0 Å². The number of hydrogen-bond acceptors (Lipinski definition) is 0. The molecule has 0 saturated heterocycles. The van der Waals surface area contributed by atoms with Crippen molar-refractivity contribution >= 4 is 245 Å². The van der Waals surface area contributed by atoms with Gasteiger partial charge < -0.3 is 0 Å². The van der Waals surface area contributed by atoms with Crippen molar-refractivity contribution in [1.82, 2.24) is 0 Å². The van der Waals surface area contributed by atoms with Crippen LogP contribution in [0.1, 0.15) is 374 Å². The van der Waals surface area contributed by atoms with E-state index in [1.807, 2.05) is 13.2 Å². The molecule has 0 aliphatic carbocycles. The third kappa shape index (κ3) is 62.5. The first-order valence-electron chi connectivity index (χ1n) is 31.7. The van der Waals surface area contributed by atoms with Crippen LogP contribution in [0.4, 0.5) is 0 Å². The van der Waals surface area contributed by atoms with Gasteiger partial charge >= 0.3 is 33.4 Å². The molecule has 89 heavy (non-hydrogen) atoms. The van der Waals surface area contributed by atoms with E-state index in [2.05, 4.69) is 394 Å². The molecule has 0 fully saturated rings. The quantitative estimate of drug-likeness (QED) is 0.168. The zero-order chi connectivity index (χ0) is 68.5. The van der Waals surface area contributed by atoms with E-state index in [1.165, 1.54) is 0 Å². The Morgan fingerprint density at radius 3 is 0.135 bits per heavy atom. The average Bonchev–Trinajstić information content (AvgIpc) is 2.88. The molecule has 0 saturated carbocycles. The fraction of sp³-hybridized carbons (Fsp3) is 1.00. The van der Waals surface area contributed by atoms with E-state index in [0.29, 0.717) is 90.7 Å². The van der Waals surface area contributed by atoms with Gasteiger partial charge in [0.25, 0.3) is 0 Å². The molecular weight excluding hydrogens is 1890 g/mol. The van der Waals surface area contributed by atoms with Gasteiger partial charge in [-0.1, -0.05) is 374 Å². The molecule has 45 radical (unpaired) electrons. The van der Waals surface area contributed by atoms with Crippen molar-refractivity contribution in [2.45, 2.75) is 465 Å². The Kier molecular flexibility index (Phi) is 73.0. The Hall–Kier alpha value is 7.46. The van der Waals surface area contributed by atoms with Gasteiger partial charge in [-0.3, -0.25) is 0 Å². The van der Waals surface area contributed by atoms with Gasteiger partial charge in [0.15, 0.2) is 0 Å². The molecule has 0 N–H and O–H groups in total. The Balaban J connectivity index is -0.0000000500. The first-order chi connectivity index (χ1) is 33.2. The van der Waals surface area contributed by atoms with Gasteiger partial charge in [0.1, 0.15) is 0 Å². The van der Waals surface area contributed by atoms with Gasteiger partial charge in [-0.25, -0.2) is 0 Å². The van der Waals surface area contributed by atoms with E-state index in [0.717, 1.165) is 0 Å².